The standard InChI is InChI=1S/C25H19ClFNO2/c26-24-15-18(27)13-12-17(24)7-5-6-14-28-25(29)30-16-23-21-10-3-1-8-19(21)20-9-2-4-11-22(20)23/h1-4,8-13,15,23H,6,14,16H2,(H,28,29). The van der Waals surface area contributed by atoms with Crippen molar-refractivity contribution in [2.24, 2.45) is 0 Å². The Bertz CT molecular complexity index is 1100. The summed E-state index contributed by atoms with van der Waals surface area (Å²) in [6, 6.07) is 20.5. The van der Waals surface area contributed by atoms with E-state index in [1.54, 1.807) is 0 Å². The first-order chi connectivity index (χ1) is 14.6. The number of ether oxygens (including phenoxy) is 1. The lowest BCUT2D eigenvalue weighted by molar-refractivity contribution is 0.143. The molecule has 3 aromatic rings. The minimum absolute atomic E-state index is 0.0311. The predicted molar refractivity (Wildman–Crippen MR) is 116 cm³/mol. The quantitative estimate of drug-likeness (QED) is 0.431. The van der Waals surface area contributed by atoms with Crippen molar-refractivity contribution in [2.75, 3.05) is 13.2 Å². The molecule has 0 bridgehead atoms. The van der Waals surface area contributed by atoms with Crippen molar-refractivity contribution in [1.82, 2.24) is 5.32 Å². The summed E-state index contributed by atoms with van der Waals surface area (Å²) in [5.41, 5.74) is 5.29. The molecule has 5 heteroatoms. The van der Waals surface area contributed by atoms with Gasteiger partial charge in [-0.3, -0.25) is 0 Å². The van der Waals surface area contributed by atoms with Crippen LogP contribution in [0.25, 0.3) is 11.1 Å². The van der Waals surface area contributed by atoms with Gasteiger partial charge in [-0.2, -0.15) is 0 Å². The lowest BCUT2D eigenvalue weighted by Gasteiger charge is -2.14. The van der Waals surface area contributed by atoms with Gasteiger partial charge in [0.15, 0.2) is 0 Å². The highest BCUT2D eigenvalue weighted by Gasteiger charge is 2.28. The third-order valence-electron chi connectivity index (χ3n) is 5.02. The lowest BCUT2D eigenvalue weighted by Crippen LogP contribution is -2.26. The molecule has 0 atom stereocenters. The average molecular weight is 420 g/mol. The maximum atomic E-state index is 13.0. The zero-order valence-corrected chi connectivity index (χ0v) is 16.9. The Morgan fingerprint density at radius 3 is 2.37 bits per heavy atom. The Balaban J connectivity index is 1.29. The monoisotopic (exact) mass is 419 g/mol. The fourth-order valence-corrected chi connectivity index (χ4v) is 3.84. The fraction of sp³-hybridized carbons (Fsp3) is 0.160. The van der Waals surface area contributed by atoms with E-state index in [4.69, 9.17) is 16.3 Å². The number of halogens is 2. The van der Waals surface area contributed by atoms with Crippen LogP contribution in [0.3, 0.4) is 0 Å². The van der Waals surface area contributed by atoms with Gasteiger partial charge in [-0.05, 0) is 40.5 Å². The van der Waals surface area contributed by atoms with E-state index in [9.17, 15) is 9.18 Å². The van der Waals surface area contributed by atoms with Gasteiger partial charge >= 0.3 is 6.09 Å². The molecule has 3 nitrogen and oxygen atoms in total. The van der Waals surface area contributed by atoms with Crippen LogP contribution < -0.4 is 5.32 Å². The van der Waals surface area contributed by atoms with Crippen LogP contribution in [0.5, 0.6) is 0 Å². The number of benzene rings is 3. The Hall–Kier alpha value is -3.29. The van der Waals surface area contributed by atoms with Gasteiger partial charge in [-0.15, -0.1) is 0 Å². The highest BCUT2D eigenvalue weighted by Crippen LogP contribution is 2.44. The van der Waals surface area contributed by atoms with Crippen LogP contribution in [-0.4, -0.2) is 19.2 Å². The number of carbonyl (C=O) groups excluding carboxylic acids is 1. The molecule has 1 aliphatic carbocycles. The van der Waals surface area contributed by atoms with Gasteiger partial charge in [0.25, 0.3) is 0 Å². The molecule has 0 aromatic heterocycles. The first kappa shape index (κ1) is 20.0. The van der Waals surface area contributed by atoms with Crippen LogP contribution >= 0.6 is 11.6 Å². The van der Waals surface area contributed by atoms with Gasteiger partial charge in [0, 0.05) is 24.4 Å². The van der Waals surface area contributed by atoms with Crippen LogP contribution in [-0.2, 0) is 4.74 Å². The third-order valence-corrected chi connectivity index (χ3v) is 5.33. The molecular formula is C25H19ClFNO2. The Labute approximate surface area is 179 Å². The molecule has 1 amide bonds. The molecule has 0 spiro atoms. The van der Waals surface area contributed by atoms with Crippen LogP contribution in [0, 0.1) is 17.7 Å². The third kappa shape index (κ3) is 4.32. The summed E-state index contributed by atoms with van der Waals surface area (Å²) in [7, 11) is 0. The van der Waals surface area contributed by atoms with Crippen molar-refractivity contribution < 1.29 is 13.9 Å². The average Bonchev–Trinajstić information content (AvgIpc) is 3.07. The van der Waals surface area contributed by atoms with E-state index in [-0.39, 0.29) is 17.5 Å². The van der Waals surface area contributed by atoms with E-state index in [1.807, 2.05) is 24.3 Å². The van der Waals surface area contributed by atoms with Gasteiger partial charge in [-0.1, -0.05) is 72.0 Å². The van der Waals surface area contributed by atoms with Gasteiger partial charge in [-0.25, -0.2) is 9.18 Å². The topological polar surface area (TPSA) is 38.3 Å². The van der Waals surface area contributed by atoms with Crippen LogP contribution in [0.4, 0.5) is 9.18 Å². The number of rotatable bonds is 4. The number of nitrogens with one attached hydrogen (secondary N) is 1. The lowest BCUT2D eigenvalue weighted by atomic mass is 9.98. The summed E-state index contributed by atoms with van der Waals surface area (Å²) in [6.07, 6.45) is -0.0452. The molecule has 3 aromatic carbocycles. The Kier molecular flexibility index (Phi) is 6.02. The fourth-order valence-electron chi connectivity index (χ4n) is 3.63. The number of hydrogen-bond acceptors (Lipinski definition) is 2. The normalized spacial score (nSPS) is 11.8. The predicted octanol–water partition coefficient (Wildman–Crippen LogP) is 5.76. The highest BCUT2D eigenvalue weighted by molar-refractivity contribution is 6.31. The summed E-state index contributed by atoms with van der Waals surface area (Å²) in [4.78, 5) is 12.1. The molecule has 0 heterocycles. The van der Waals surface area contributed by atoms with E-state index in [1.165, 1.54) is 40.5 Å². The molecule has 0 saturated heterocycles. The molecule has 1 aliphatic rings. The first-order valence-electron chi connectivity index (χ1n) is 9.66. The van der Waals surface area contributed by atoms with Crippen molar-refractivity contribution >= 4 is 17.7 Å². The molecular weight excluding hydrogens is 401 g/mol. The molecule has 4 rings (SSSR count). The smallest absolute Gasteiger partial charge is 0.407 e. The number of hydrogen-bond donors (Lipinski definition) is 1. The van der Waals surface area contributed by atoms with E-state index in [0.29, 0.717) is 18.5 Å². The second kappa shape index (κ2) is 9.02. The summed E-state index contributed by atoms with van der Waals surface area (Å²) < 4.78 is 18.5. The molecule has 0 unspecified atom stereocenters. The van der Waals surface area contributed by atoms with E-state index >= 15 is 0 Å². The Morgan fingerprint density at radius 2 is 1.70 bits per heavy atom. The summed E-state index contributed by atoms with van der Waals surface area (Å²) in [5.74, 6) is 5.42. The minimum Gasteiger partial charge on any atom is -0.449 e. The van der Waals surface area contributed by atoms with Gasteiger partial charge < -0.3 is 10.1 Å². The summed E-state index contributed by atoms with van der Waals surface area (Å²) >= 11 is 5.94. The molecule has 0 radical (unpaired) electrons. The van der Waals surface area contributed by atoms with Gasteiger partial charge in [0.05, 0.1) is 5.02 Å². The van der Waals surface area contributed by atoms with Crippen LogP contribution in [0.1, 0.15) is 29.0 Å². The van der Waals surface area contributed by atoms with E-state index in [2.05, 4.69) is 41.4 Å². The van der Waals surface area contributed by atoms with Crippen molar-refractivity contribution in [3.05, 3.63) is 94.3 Å². The molecule has 30 heavy (non-hydrogen) atoms. The molecule has 150 valence electrons. The zero-order chi connectivity index (χ0) is 20.9. The van der Waals surface area contributed by atoms with Gasteiger partial charge in [0.2, 0.25) is 0 Å². The second-order valence-electron chi connectivity index (χ2n) is 6.93. The first-order valence-corrected chi connectivity index (χ1v) is 10.0. The maximum absolute atomic E-state index is 13.0. The number of carbonyl (C=O) groups is 1. The minimum atomic E-state index is -0.474. The maximum Gasteiger partial charge on any atom is 0.407 e. The van der Waals surface area contributed by atoms with Crippen molar-refractivity contribution in [2.45, 2.75) is 12.3 Å². The van der Waals surface area contributed by atoms with Gasteiger partial charge in [0.1, 0.15) is 12.4 Å². The second-order valence-corrected chi connectivity index (χ2v) is 7.34. The number of amides is 1. The summed E-state index contributed by atoms with van der Waals surface area (Å²) in [6.45, 7) is 0.624. The van der Waals surface area contributed by atoms with Crippen molar-refractivity contribution in [1.29, 1.82) is 0 Å². The zero-order valence-electron chi connectivity index (χ0n) is 16.1. The molecule has 0 saturated carbocycles. The van der Waals surface area contributed by atoms with Crippen LogP contribution in [0.2, 0.25) is 5.02 Å². The molecule has 1 N–H and O–H groups in total. The SMILES string of the molecule is O=C(NCCC#Cc1ccc(F)cc1Cl)OCC1c2ccccc2-c2ccccc21. The Morgan fingerprint density at radius 1 is 1.03 bits per heavy atom. The van der Waals surface area contributed by atoms with E-state index < -0.39 is 11.9 Å². The van der Waals surface area contributed by atoms with E-state index in [0.717, 1.165) is 0 Å². The number of fused-ring (bicyclic) bond motifs is 3. The van der Waals surface area contributed by atoms with Crippen molar-refractivity contribution in [3.63, 3.8) is 0 Å². The summed E-state index contributed by atoms with van der Waals surface area (Å²) in [5, 5.41) is 2.98. The van der Waals surface area contributed by atoms with Crippen LogP contribution in [0.15, 0.2) is 66.7 Å². The number of alkyl carbamates (subject to hydrolysis) is 1. The van der Waals surface area contributed by atoms with Crippen molar-refractivity contribution in [3.8, 4) is 23.0 Å². The molecule has 0 fully saturated rings. The highest BCUT2D eigenvalue weighted by atomic mass is 35.5. The molecule has 0 aliphatic heterocycles. The largest absolute Gasteiger partial charge is 0.449 e.